The standard InChI is InChI=1S/C21H31N3O4S/c1-3-29(25,26)21-22-15-19(24(21)13-14-27-2)16-23-11-9-20(10-12-23)28-17-18-7-5-4-6-8-18/h4-8,15,20H,3,9-14,16-17H2,1-2H3. The lowest BCUT2D eigenvalue weighted by atomic mass is 10.1. The molecule has 2 heterocycles. The maximum absolute atomic E-state index is 12.4. The Morgan fingerprint density at radius 3 is 2.55 bits per heavy atom. The van der Waals surface area contributed by atoms with Crippen molar-refractivity contribution >= 4 is 9.84 Å². The average Bonchev–Trinajstić information content (AvgIpc) is 3.15. The topological polar surface area (TPSA) is 73.7 Å². The van der Waals surface area contributed by atoms with Crippen LogP contribution in [0.2, 0.25) is 0 Å². The quantitative estimate of drug-likeness (QED) is 0.587. The van der Waals surface area contributed by atoms with Gasteiger partial charge in [-0.3, -0.25) is 4.90 Å². The zero-order chi connectivity index (χ0) is 20.7. The first-order chi connectivity index (χ1) is 14.0. The first-order valence-electron chi connectivity index (χ1n) is 10.2. The second-order valence-electron chi connectivity index (χ2n) is 7.35. The molecular formula is C21H31N3O4S. The number of hydrogen-bond acceptors (Lipinski definition) is 6. The van der Waals surface area contributed by atoms with Crippen LogP contribution in [0.25, 0.3) is 0 Å². The molecule has 3 rings (SSSR count). The highest BCUT2D eigenvalue weighted by atomic mass is 32.2. The number of methoxy groups -OCH3 is 1. The van der Waals surface area contributed by atoms with Crippen molar-refractivity contribution < 1.29 is 17.9 Å². The van der Waals surface area contributed by atoms with Crippen molar-refractivity contribution in [2.45, 2.75) is 50.7 Å². The molecule has 29 heavy (non-hydrogen) atoms. The molecule has 0 atom stereocenters. The number of aromatic nitrogens is 2. The lowest BCUT2D eigenvalue weighted by Crippen LogP contribution is -2.37. The largest absolute Gasteiger partial charge is 0.383 e. The van der Waals surface area contributed by atoms with Crippen LogP contribution < -0.4 is 0 Å². The molecule has 7 nitrogen and oxygen atoms in total. The SMILES string of the molecule is CCS(=O)(=O)c1ncc(CN2CCC(OCc3ccccc3)CC2)n1CCOC. The number of benzene rings is 1. The first-order valence-corrected chi connectivity index (χ1v) is 11.8. The van der Waals surface area contributed by atoms with Crippen LogP contribution in [0.4, 0.5) is 0 Å². The van der Waals surface area contributed by atoms with Gasteiger partial charge >= 0.3 is 0 Å². The van der Waals surface area contributed by atoms with E-state index < -0.39 is 9.84 Å². The van der Waals surface area contributed by atoms with E-state index in [0.29, 0.717) is 26.3 Å². The molecule has 0 radical (unpaired) electrons. The molecule has 1 aliphatic heterocycles. The molecular weight excluding hydrogens is 390 g/mol. The molecule has 0 bridgehead atoms. The van der Waals surface area contributed by atoms with Crippen LogP contribution in [-0.4, -0.2) is 61.5 Å². The minimum Gasteiger partial charge on any atom is -0.383 e. The number of hydrogen-bond donors (Lipinski definition) is 0. The summed E-state index contributed by atoms with van der Waals surface area (Å²) < 4.78 is 37.8. The lowest BCUT2D eigenvalue weighted by Gasteiger charge is -2.32. The number of nitrogens with zero attached hydrogens (tertiary/aromatic N) is 3. The molecule has 0 unspecified atom stereocenters. The highest BCUT2D eigenvalue weighted by molar-refractivity contribution is 7.91. The van der Waals surface area contributed by atoms with Crippen molar-refractivity contribution in [1.82, 2.24) is 14.5 Å². The highest BCUT2D eigenvalue weighted by Crippen LogP contribution is 2.20. The fourth-order valence-corrected chi connectivity index (χ4v) is 4.58. The maximum Gasteiger partial charge on any atom is 0.227 e. The molecule has 8 heteroatoms. The Morgan fingerprint density at radius 2 is 1.90 bits per heavy atom. The summed E-state index contributed by atoms with van der Waals surface area (Å²) in [7, 11) is -1.75. The molecule has 0 aliphatic carbocycles. The van der Waals surface area contributed by atoms with Gasteiger partial charge in [0.05, 0.1) is 37.0 Å². The van der Waals surface area contributed by atoms with Gasteiger partial charge in [0.25, 0.3) is 0 Å². The van der Waals surface area contributed by atoms with Gasteiger partial charge in [-0.1, -0.05) is 37.3 Å². The number of ether oxygens (including phenoxy) is 2. The highest BCUT2D eigenvalue weighted by Gasteiger charge is 2.24. The minimum atomic E-state index is -3.36. The van der Waals surface area contributed by atoms with Gasteiger partial charge in [0.1, 0.15) is 0 Å². The predicted molar refractivity (Wildman–Crippen MR) is 111 cm³/mol. The Morgan fingerprint density at radius 1 is 1.17 bits per heavy atom. The molecule has 2 aromatic rings. The normalized spacial score (nSPS) is 16.3. The van der Waals surface area contributed by atoms with Gasteiger partial charge in [-0.15, -0.1) is 0 Å². The number of likely N-dealkylation sites (tertiary alicyclic amines) is 1. The van der Waals surface area contributed by atoms with Gasteiger partial charge in [0.15, 0.2) is 0 Å². The summed E-state index contributed by atoms with van der Waals surface area (Å²) in [6.07, 6.45) is 3.90. The molecule has 1 aromatic carbocycles. The Labute approximate surface area is 173 Å². The summed E-state index contributed by atoms with van der Waals surface area (Å²) >= 11 is 0. The molecule has 0 amide bonds. The lowest BCUT2D eigenvalue weighted by molar-refractivity contribution is -0.00438. The van der Waals surface area contributed by atoms with Crippen LogP contribution in [-0.2, 0) is 39.0 Å². The third-order valence-corrected chi connectivity index (χ3v) is 6.97. The van der Waals surface area contributed by atoms with E-state index in [1.807, 2.05) is 18.2 Å². The molecule has 0 saturated carbocycles. The Kier molecular flexibility index (Phi) is 7.83. The molecule has 1 aromatic heterocycles. The van der Waals surface area contributed by atoms with Crippen molar-refractivity contribution in [2.24, 2.45) is 0 Å². The van der Waals surface area contributed by atoms with E-state index in [-0.39, 0.29) is 17.0 Å². The Balaban J connectivity index is 1.57. The zero-order valence-corrected chi connectivity index (χ0v) is 18.1. The van der Waals surface area contributed by atoms with Crippen LogP contribution >= 0.6 is 0 Å². The molecule has 0 N–H and O–H groups in total. The number of rotatable bonds is 10. The third kappa shape index (κ3) is 5.88. The van der Waals surface area contributed by atoms with Crippen molar-refractivity contribution in [3.05, 3.63) is 47.8 Å². The van der Waals surface area contributed by atoms with Gasteiger partial charge < -0.3 is 14.0 Å². The monoisotopic (exact) mass is 421 g/mol. The summed E-state index contributed by atoms with van der Waals surface area (Å²) in [4.78, 5) is 6.56. The summed E-state index contributed by atoms with van der Waals surface area (Å²) in [5.74, 6) is 0.0422. The number of piperidine rings is 1. The third-order valence-electron chi connectivity index (χ3n) is 5.33. The van der Waals surface area contributed by atoms with Crippen LogP contribution in [0, 0.1) is 0 Å². The van der Waals surface area contributed by atoms with Gasteiger partial charge in [-0.2, -0.15) is 0 Å². The van der Waals surface area contributed by atoms with Crippen molar-refractivity contribution in [2.75, 3.05) is 32.6 Å². The molecule has 1 fully saturated rings. The summed E-state index contributed by atoms with van der Waals surface area (Å²) in [5.41, 5.74) is 2.11. The fraction of sp³-hybridized carbons (Fsp3) is 0.571. The van der Waals surface area contributed by atoms with Gasteiger partial charge in [-0.25, -0.2) is 13.4 Å². The molecule has 1 saturated heterocycles. The van der Waals surface area contributed by atoms with Gasteiger partial charge in [0, 0.05) is 33.3 Å². The summed E-state index contributed by atoms with van der Waals surface area (Å²) in [6, 6.07) is 10.2. The summed E-state index contributed by atoms with van der Waals surface area (Å²) in [5, 5.41) is 0.146. The molecule has 160 valence electrons. The van der Waals surface area contributed by atoms with Crippen LogP contribution in [0.3, 0.4) is 0 Å². The van der Waals surface area contributed by atoms with Gasteiger partial charge in [0.2, 0.25) is 15.0 Å². The van der Waals surface area contributed by atoms with Crippen molar-refractivity contribution in [3.63, 3.8) is 0 Å². The van der Waals surface area contributed by atoms with Crippen molar-refractivity contribution in [1.29, 1.82) is 0 Å². The van der Waals surface area contributed by atoms with Crippen LogP contribution in [0.15, 0.2) is 41.7 Å². The van der Waals surface area contributed by atoms with E-state index in [9.17, 15) is 8.42 Å². The van der Waals surface area contributed by atoms with E-state index in [0.717, 1.165) is 31.6 Å². The van der Waals surface area contributed by atoms with Crippen molar-refractivity contribution in [3.8, 4) is 0 Å². The molecule has 0 spiro atoms. The second-order valence-corrected chi connectivity index (χ2v) is 9.52. The second kappa shape index (κ2) is 10.3. The van der Waals surface area contributed by atoms with Crippen LogP contribution in [0.1, 0.15) is 31.0 Å². The van der Waals surface area contributed by atoms with E-state index in [4.69, 9.17) is 9.47 Å². The number of sulfone groups is 1. The van der Waals surface area contributed by atoms with E-state index >= 15 is 0 Å². The Hall–Kier alpha value is -1.74. The smallest absolute Gasteiger partial charge is 0.227 e. The van der Waals surface area contributed by atoms with E-state index in [1.165, 1.54) is 5.56 Å². The molecule has 1 aliphatic rings. The first kappa shape index (κ1) is 22.0. The minimum absolute atomic E-state index is 0.0422. The average molecular weight is 422 g/mol. The summed E-state index contributed by atoms with van der Waals surface area (Å²) in [6.45, 7) is 5.75. The van der Waals surface area contributed by atoms with E-state index in [1.54, 1.807) is 24.8 Å². The van der Waals surface area contributed by atoms with Crippen LogP contribution in [0.5, 0.6) is 0 Å². The van der Waals surface area contributed by atoms with Gasteiger partial charge in [-0.05, 0) is 18.4 Å². The predicted octanol–water partition coefficient (Wildman–Crippen LogP) is 2.50. The maximum atomic E-state index is 12.4. The Bertz CT molecular complexity index is 859. The zero-order valence-electron chi connectivity index (χ0n) is 17.3. The van der Waals surface area contributed by atoms with E-state index in [2.05, 4.69) is 22.0 Å². The fourth-order valence-electron chi connectivity index (χ4n) is 3.57. The number of imidazole rings is 1.